The third-order valence-electron chi connectivity index (χ3n) is 2.97. The minimum Gasteiger partial charge on any atom is -0.440 e. The molecule has 3 heteroatoms. The minimum absolute atomic E-state index is 0.0957. The van der Waals surface area contributed by atoms with E-state index >= 15 is 0 Å². The first-order valence-electron chi connectivity index (χ1n) is 6.46. The molecule has 0 amide bonds. The zero-order valence-electron chi connectivity index (χ0n) is 11.7. The van der Waals surface area contributed by atoms with Crippen LogP contribution in [0.1, 0.15) is 38.6 Å². The van der Waals surface area contributed by atoms with Gasteiger partial charge in [0.15, 0.2) is 11.5 Å². The van der Waals surface area contributed by atoms with Crippen molar-refractivity contribution in [1.29, 1.82) is 0 Å². The first-order chi connectivity index (χ1) is 8.35. The van der Waals surface area contributed by atoms with Gasteiger partial charge in [-0.15, -0.1) is 0 Å². The first-order valence-corrected chi connectivity index (χ1v) is 6.46. The summed E-state index contributed by atoms with van der Waals surface area (Å²) in [7, 11) is 0. The highest BCUT2D eigenvalue weighted by Crippen LogP contribution is 2.23. The fourth-order valence-electron chi connectivity index (χ4n) is 2.30. The number of hydrogen-bond donors (Lipinski definition) is 1. The number of hydrogen-bond acceptors (Lipinski definition) is 3. The molecule has 2 aromatic rings. The van der Waals surface area contributed by atoms with Crippen LogP contribution in [0.3, 0.4) is 0 Å². The van der Waals surface area contributed by atoms with E-state index in [4.69, 9.17) is 10.2 Å². The summed E-state index contributed by atoms with van der Waals surface area (Å²) in [6.45, 7) is 8.63. The molecule has 3 nitrogen and oxygen atoms in total. The fourth-order valence-corrected chi connectivity index (χ4v) is 2.30. The van der Waals surface area contributed by atoms with E-state index in [0.717, 1.165) is 29.0 Å². The Bertz CT molecular complexity index is 537. The second-order valence-electron chi connectivity index (χ2n) is 6.26. The highest BCUT2D eigenvalue weighted by atomic mass is 16.3. The fraction of sp³-hybridized carbons (Fsp3) is 0.533. The Morgan fingerprint density at radius 3 is 2.67 bits per heavy atom. The number of rotatable bonds is 3. The molecule has 0 spiro atoms. The van der Waals surface area contributed by atoms with E-state index in [1.807, 2.05) is 25.1 Å². The van der Waals surface area contributed by atoms with Gasteiger partial charge >= 0.3 is 0 Å². The number of benzene rings is 1. The molecule has 1 aromatic carbocycles. The Hall–Kier alpha value is -1.35. The maximum atomic E-state index is 6.15. The molecule has 0 saturated heterocycles. The summed E-state index contributed by atoms with van der Waals surface area (Å²) in [5, 5.41) is 0. The van der Waals surface area contributed by atoms with E-state index in [1.54, 1.807) is 0 Å². The quantitative estimate of drug-likeness (QED) is 0.902. The van der Waals surface area contributed by atoms with Gasteiger partial charge in [-0.3, -0.25) is 0 Å². The van der Waals surface area contributed by atoms with E-state index in [9.17, 15) is 0 Å². The Morgan fingerprint density at radius 2 is 2.06 bits per heavy atom. The second kappa shape index (κ2) is 4.73. The molecule has 0 fully saturated rings. The summed E-state index contributed by atoms with van der Waals surface area (Å²) in [5.74, 6) is 0.746. The average molecular weight is 246 g/mol. The number of fused-ring (bicyclic) bond motifs is 1. The Balaban J connectivity index is 2.15. The Morgan fingerprint density at radius 1 is 1.33 bits per heavy atom. The smallest absolute Gasteiger partial charge is 0.197 e. The van der Waals surface area contributed by atoms with Crippen molar-refractivity contribution in [2.45, 2.75) is 46.6 Å². The lowest BCUT2D eigenvalue weighted by Crippen LogP contribution is -2.28. The SMILES string of the molecule is Cc1cccc2nc(CC(N)CC(C)(C)C)oc12. The molecular weight excluding hydrogens is 224 g/mol. The van der Waals surface area contributed by atoms with Crippen molar-refractivity contribution in [1.82, 2.24) is 4.98 Å². The van der Waals surface area contributed by atoms with Gasteiger partial charge in [-0.1, -0.05) is 32.9 Å². The number of aryl methyl sites for hydroxylation is 1. The third-order valence-corrected chi connectivity index (χ3v) is 2.97. The molecular formula is C15H22N2O. The van der Waals surface area contributed by atoms with E-state index < -0.39 is 0 Å². The molecule has 1 unspecified atom stereocenters. The van der Waals surface area contributed by atoms with Crippen molar-refractivity contribution in [3.8, 4) is 0 Å². The van der Waals surface area contributed by atoms with Crippen molar-refractivity contribution in [2.75, 3.05) is 0 Å². The number of nitrogens with zero attached hydrogens (tertiary/aromatic N) is 1. The van der Waals surface area contributed by atoms with Gasteiger partial charge in [-0.25, -0.2) is 4.98 Å². The summed E-state index contributed by atoms with van der Waals surface area (Å²) >= 11 is 0. The van der Waals surface area contributed by atoms with Gasteiger partial charge < -0.3 is 10.2 Å². The molecule has 1 atom stereocenters. The predicted molar refractivity (Wildman–Crippen MR) is 74.5 cm³/mol. The first kappa shape index (κ1) is 13.1. The monoisotopic (exact) mass is 246 g/mol. The normalized spacial score (nSPS) is 14.1. The molecule has 2 rings (SSSR count). The van der Waals surface area contributed by atoms with Gasteiger partial charge in [-0.2, -0.15) is 0 Å². The van der Waals surface area contributed by atoms with Gasteiger partial charge in [0.2, 0.25) is 0 Å². The van der Waals surface area contributed by atoms with Crippen LogP contribution in [0.25, 0.3) is 11.1 Å². The molecule has 0 aliphatic rings. The maximum absolute atomic E-state index is 6.15. The van der Waals surface area contributed by atoms with Crippen LogP contribution in [0.5, 0.6) is 0 Å². The zero-order chi connectivity index (χ0) is 13.3. The molecule has 0 aliphatic heterocycles. The molecule has 98 valence electrons. The molecule has 18 heavy (non-hydrogen) atoms. The topological polar surface area (TPSA) is 52.0 Å². The summed E-state index contributed by atoms with van der Waals surface area (Å²) in [4.78, 5) is 4.50. The van der Waals surface area contributed by atoms with Crippen LogP contribution in [0.4, 0.5) is 0 Å². The zero-order valence-corrected chi connectivity index (χ0v) is 11.7. The van der Waals surface area contributed by atoms with Crippen LogP contribution in [-0.2, 0) is 6.42 Å². The van der Waals surface area contributed by atoms with Crippen molar-refractivity contribution >= 4 is 11.1 Å². The van der Waals surface area contributed by atoms with E-state index in [0.29, 0.717) is 6.42 Å². The minimum atomic E-state index is 0.0957. The van der Waals surface area contributed by atoms with Crippen LogP contribution in [0, 0.1) is 12.3 Å². The van der Waals surface area contributed by atoms with Crippen LogP contribution in [-0.4, -0.2) is 11.0 Å². The van der Waals surface area contributed by atoms with Gasteiger partial charge in [0.05, 0.1) is 0 Å². The van der Waals surface area contributed by atoms with Crippen LogP contribution in [0.2, 0.25) is 0 Å². The molecule has 0 aliphatic carbocycles. The number of aromatic nitrogens is 1. The standard InChI is InChI=1S/C15H22N2O/c1-10-6-5-7-12-14(10)18-13(17-12)8-11(16)9-15(2,3)4/h5-7,11H,8-9,16H2,1-4H3. The molecule has 0 bridgehead atoms. The summed E-state index contributed by atoms with van der Waals surface area (Å²) < 4.78 is 5.79. The van der Waals surface area contributed by atoms with E-state index in [-0.39, 0.29) is 11.5 Å². The summed E-state index contributed by atoms with van der Waals surface area (Å²) in [6.07, 6.45) is 1.66. The van der Waals surface area contributed by atoms with E-state index in [1.165, 1.54) is 0 Å². The Labute approximate surface area is 108 Å². The molecule has 2 N–H and O–H groups in total. The van der Waals surface area contributed by atoms with Gasteiger partial charge in [0, 0.05) is 12.5 Å². The van der Waals surface area contributed by atoms with Crippen molar-refractivity contribution in [3.63, 3.8) is 0 Å². The van der Waals surface area contributed by atoms with Crippen LogP contribution < -0.4 is 5.73 Å². The lowest BCUT2D eigenvalue weighted by atomic mass is 9.87. The van der Waals surface area contributed by atoms with Crippen LogP contribution >= 0.6 is 0 Å². The second-order valence-corrected chi connectivity index (χ2v) is 6.26. The van der Waals surface area contributed by atoms with Gasteiger partial charge in [-0.05, 0) is 30.4 Å². The number of oxazole rings is 1. The lowest BCUT2D eigenvalue weighted by Gasteiger charge is -2.22. The van der Waals surface area contributed by atoms with Gasteiger partial charge in [0.1, 0.15) is 5.52 Å². The highest BCUT2D eigenvalue weighted by Gasteiger charge is 2.18. The maximum Gasteiger partial charge on any atom is 0.197 e. The summed E-state index contributed by atoms with van der Waals surface area (Å²) in [6, 6.07) is 6.11. The van der Waals surface area contributed by atoms with Crippen molar-refractivity contribution in [2.24, 2.45) is 11.1 Å². The molecule has 0 radical (unpaired) electrons. The highest BCUT2D eigenvalue weighted by molar-refractivity contribution is 5.75. The van der Waals surface area contributed by atoms with Crippen molar-refractivity contribution in [3.05, 3.63) is 29.7 Å². The van der Waals surface area contributed by atoms with Crippen LogP contribution in [0.15, 0.2) is 22.6 Å². The molecule has 1 aromatic heterocycles. The molecule has 1 heterocycles. The third kappa shape index (κ3) is 3.10. The molecule has 0 saturated carbocycles. The van der Waals surface area contributed by atoms with Crippen molar-refractivity contribution < 1.29 is 4.42 Å². The van der Waals surface area contributed by atoms with Gasteiger partial charge in [0.25, 0.3) is 0 Å². The number of para-hydroxylation sites is 1. The lowest BCUT2D eigenvalue weighted by molar-refractivity contribution is 0.329. The average Bonchev–Trinajstić information content (AvgIpc) is 2.58. The largest absolute Gasteiger partial charge is 0.440 e. The predicted octanol–water partition coefficient (Wildman–Crippen LogP) is 3.44. The Kier molecular flexibility index (Phi) is 3.44. The number of nitrogens with two attached hydrogens (primary N) is 1. The summed E-state index contributed by atoms with van der Waals surface area (Å²) in [5.41, 5.74) is 9.32. The van der Waals surface area contributed by atoms with E-state index in [2.05, 4.69) is 25.8 Å².